The monoisotopic (exact) mass is 447 g/mol. The van der Waals surface area contributed by atoms with Crippen LogP contribution in [0.3, 0.4) is 0 Å². The van der Waals surface area contributed by atoms with E-state index in [0.717, 1.165) is 0 Å². The number of benzene rings is 2. The molecule has 2 aromatic carbocycles. The van der Waals surface area contributed by atoms with Gasteiger partial charge in [-0.15, -0.1) is 0 Å². The topological polar surface area (TPSA) is 85.3 Å². The molecule has 0 aliphatic carbocycles. The maximum absolute atomic E-state index is 13.4. The molecule has 1 amide bonds. The van der Waals surface area contributed by atoms with Gasteiger partial charge >= 0.3 is 5.97 Å². The zero-order valence-electron chi connectivity index (χ0n) is 17.9. The summed E-state index contributed by atoms with van der Waals surface area (Å²) in [5.41, 5.74) is 1.90. The van der Waals surface area contributed by atoms with E-state index in [-0.39, 0.29) is 5.92 Å². The average Bonchev–Trinajstić information content (AvgIpc) is 2.82. The molecule has 0 aromatic heterocycles. The van der Waals surface area contributed by atoms with E-state index in [1.54, 1.807) is 41.3 Å². The van der Waals surface area contributed by atoms with Gasteiger partial charge in [0.2, 0.25) is 0 Å². The number of rotatable bonds is 7. The lowest BCUT2D eigenvalue weighted by atomic mass is 9.97. The van der Waals surface area contributed by atoms with E-state index in [1.807, 2.05) is 13.8 Å². The number of carboxylic acid groups (broad SMARTS) is 1. The second kappa shape index (κ2) is 9.58. The van der Waals surface area contributed by atoms with Gasteiger partial charge in [-0.25, -0.2) is 0 Å². The van der Waals surface area contributed by atoms with Crippen LogP contribution < -0.4 is 14.4 Å². The first-order chi connectivity index (χ1) is 14.8. The number of hydrogen-bond acceptors (Lipinski definition) is 5. The third kappa shape index (κ3) is 4.78. The average molecular weight is 448 g/mol. The summed E-state index contributed by atoms with van der Waals surface area (Å²) in [6.45, 7) is 4.39. The normalized spacial score (nSPS) is 18.5. The highest BCUT2D eigenvalue weighted by Crippen LogP contribution is 2.45. The van der Waals surface area contributed by atoms with Crippen LogP contribution in [0.25, 0.3) is 0 Å². The SMILES string of the molecule is COc1cccc(C2OC(CC(=O)O)C(=O)N(CC(C)C)c3ccc(Cl)cc32)c1OC. The number of halogens is 1. The lowest BCUT2D eigenvalue weighted by molar-refractivity contribution is -0.147. The van der Waals surface area contributed by atoms with Crippen molar-refractivity contribution < 1.29 is 28.9 Å². The molecule has 1 N–H and O–H groups in total. The molecule has 2 atom stereocenters. The van der Waals surface area contributed by atoms with Gasteiger partial charge in [-0.3, -0.25) is 9.59 Å². The minimum atomic E-state index is -1.18. The van der Waals surface area contributed by atoms with E-state index in [0.29, 0.717) is 39.9 Å². The Balaban J connectivity index is 2.25. The number of amides is 1. The molecule has 0 radical (unpaired) electrons. The summed E-state index contributed by atoms with van der Waals surface area (Å²) in [6, 6.07) is 10.6. The van der Waals surface area contributed by atoms with Crippen LogP contribution in [0.2, 0.25) is 5.02 Å². The van der Waals surface area contributed by atoms with E-state index in [9.17, 15) is 14.7 Å². The van der Waals surface area contributed by atoms with Gasteiger partial charge in [0.1, 0.15) is 12.2 Å². The van der Waals surface area contributed by atoms with Gasteiger partial charge in [-0.1, -0.05) is 37.6 Å². The minimum Gasteiger partial charge on any atom is -0.493 e. The van der Waals surface area contributed by atoms with Crippen LogP contribution in [0.4, 0.5) is 5.69 Å². The van der Waals surface area contributed by atoms with E-state index in [4.69, 9.17) is 25.8 Å². The van der Waals surface area contributed by atoms with Gasteiger partial charge in [0, 0.05) is 28.4 Å². The number of carbonyl (C=O) groups excluding carboxylic acids is 1. The molecule has 0 fully saturated rings. The summed E-state index contributed by atoms with van der Waals surface area (Å²) >= 11 is 6.32. The Kier molecular flexibility index (Phi) is 7.08. The lowest BCUT2D eigenvalue weighted by Crippen LogP contribution is -2.42. The summed E-state index contributed by atoms with van der Waals surface area (Å²) in [6.07, 6.45) is -2.43. The Morgan fingerprint density at radius 2 is 1.94 bits per heavy atom. The molecule has 1 aliphatic heterocycles. The number of nitrogens with zero attached hydrogens (tertiary/aromatic N) is 1. The zero-order chi connectivity index (χ0) is 22.7. The highest BCUT2D eigenvalue weighted by molar-refractivity contribution is 6.30. The van der Waals surface area contributed by atoms with Gasteiger partial charge in [0.25, 0.3) is 5.91 Å². The van der Waals surface area contributed by atoms with Crippen molar-refractivity contribution in [2.24, 2.45) is 5.92 Å². The summed E-state index contributed by atoms with van der Waals surface area (Å²) < 4.78 is 17.2. The largest absolute Gasteiger partial charge is 0.493 e. The number of ether oxygens (including phenoxy) is 3. The number of methoxy groups -OCH3 is 2. The van der Waals surface area contributed by atoms with Crippen molar-refractivity contribution in [1.29, 1.82) is 0 Å². The van der Waals surface area contributed by atoms with E-state index in [1.165, 1.54) is 14.2 Å². The molecule has 166 valence electrons. The molecule has 0 saturated heterocycles. The minimum absolute atomic E-state index is 0.154. The van der Waals surface area contributed by atoms with Crippen molar-refractivity contribution in [3.8, 4) is 11.5 Å². The molecule has 2 unspecified atom stereocenters. The maximum atomic E-state index is 13.4. The highest BCUT2D eigenvalue weighted by Gasteiger charge is 2.39. The first kappa shape index (κ1) is 22.9. The summed E-state index contributed by atoms with van der Waals surface area (Å²) in [5.74, 6) is -0.426. The van der Waals surface area contributed by atoms with E-state index in [2.05, 4.69) is 0 Å². The van der Waals surface area contributed by atoms with Gasteiger partial charge in [-0.2, -0.15) is 0 Å². The molecule has 7 nitrogen and oxygen atoms in total. The molecule has 31 heavy (non-hydrogen) atoms. The van der Waals surface area contributed by atoms with Crippen molar-refractivity contribution >= 4 is 29.2 Å². The molecule has 0 saturated carbocycles. The van der Waals surface area contributed by atoms with Crippen molar-refractivity contribution in [1.82, 2.24) is 0 Å². The van der Waals surface area contributed by atoms with Crippen LogP contribution in [0.5, 0.6) is 11.5 Å². The third-order valence-corrected chi connectivity index (χ3v) is 5.26. The molecule has 2 aromatic rings. The number of hydrogen-bond donors (Lipinski definition) is 1. The highest BCUT2D eigenvalue weighted by atomic mass is 35.5. The van der Waals surface area contributed by atoms with Gasteiger partial charge in [-0.05, 0) is 30.2 Å². The number of para-hydroxylation sites is 1. The summed E-state index contributed by atoms with van der Waals surface area (Å²) in [5, 5.41) is 9.90. The molecule has 1 aliphatic rings. The molecule has 8 heteroatoms. The Bertz CT molecular complexity index is 977. The smallest absolute Gasteiger partial charge is 0.306 e. The number of aliphatic carboxylic acids is 1. The Hall–Kier alpha value is -2.77. The van der Waals surface area contributed by atoms with Crippen LogP contribution in [-0.4, -0.2) is 43.9 Å². The molecular formula is C23H26ClNO6. The predicted molar refractivity (Wildman–Crippen MR) is 117 cm³/mol. The fraction of sp³-hybridized carbons (Fsp3) is 0.391. The molecule has 0 bridgehead atoms. The second-order valence-electron chi connectivity index (χ2n) is 7.73. The van der Waals surface area contributed by atoms with Gasteiger partial charge < -0.3 is 24.2 Å². The fourth-order valence-electron chi connectivity index (χ4n) is 3.78. The van der Waals surface area contributed by atoms with Crippen LogP contribution in [-0.2, 0) is 14.3 Å². The predicted octanol–water partition coefficient (Wildman–Crippen LogP) is 4.31. The molecule has 3 rings (SSSR count). The van der Waals surface area contributed by atoms with Crippen LogP contribution >= 0.6 is 11.6 Å². The van der Waals surface area contributed by atoms with Crippen molar-refractivity contribution in [3.63, 3.8) is 0 Å². The van der Waals surface area contributed by atoms with Crippen LogP contribution in [0.1, 0.15) is 37.5 Å². The first-order valence-electron chi connectivity index (χ1n) is 9.95. The van der Waals surface area contributed by atoms with E-state index < -0.39 is 30.5 Å². The number of anilines is 1. The van der Waals surface area contributed by atoms with Crippen LogP contribution in [0, 0.1) is 5.92 Å². The quantitative estimate of drug-likeness (QED) is 0.680. The molecule has 1 heterocycles. The number of carboxylic acids is 1. The van der Waals surface area contributed by atoms with Gasteiger partial charge in [0.05, 0.1) is 20.6 Å². The number of carbonyl (C=O) groups is 2. The fourth-order valence-corrected chi connectivity index (χ4v) is 3.96. The zero-order valence-corrected chi connectivity index (χ0v) is 18.7. The van der Waals surface area contributed by atoms with Crippen LogP contribution in [0.15, 0.2) is 36.4 Å². The Labute approximate surface area is 186 Å². The van der Waals surface area contributed by atoms with Crippen molar-refractivity contribution in [3.05, 3.63) is 52.5 Å². The van der Waals surface area contributed by atoms with Crippen molar-refractivity contribution in [2.45, 2.75) is 32.5 Å². The maximum Gasteiger partial charge on any atom is 0.306 e. The standard InChI is InChI=1S/C23H26ClNO6/c1-13(2)12-25-17-9-8-14(24)10-16(17)21(31-19(23(25)28)11-20(26)27)15-6-5-7-18(29-3)22(15)30-4/h5-10,13,19,21H,11-12H2,1-4H3,(H,26,27). The second-order valence-corrected chi connectivity index (χ2v) is 8.17. The summed E-state index contributed by atoms with van der Waals surface area (Å²) in [4.78, 5) is 26.5. The van der Waals surface area contributed by atoms with Gasteiger partial charge in [0.15, 0.2) is 11.5 Å². The Morgan fingerprint density at radius 1 is 1.19 bits per heavy atom. The lowest BCUT2D eigenvalue weighted by Gasteiger charge is -2.26. The molecular weight excluding hydrogens is 422 g/mol. The Morgan fingerprint density at radius 3 is 2.55 bits per heavy atom. The summed E-state index contributed by atoms with van der Waals surface area (Å²) in [7, 11) is 3.05. The molecule has 0 spiro atoms. The first-order valence-corrected chi connectivity index (χ1v) is 10.3. The van der Waals surface area contributed by atoms with E-state index >= 15 is 0 Å². The third-order valence-electron chi connectivity index (χ3n) is 5.03. The van der Waals surface area contributed by atoms with Crippen molar-refractivity contribution in [2.75, 3.05) is 25.7 Å². The number of fused-ring (bicyclic) bond motifs is 1.